The van der Waals surface area contributed by atoms with Crippen LogP contribution in [0.1, 0.15) is 23.1 Å². The SMILES string of the molecule is Cc1cccc(/C=C/c2cccc3c2NCCC(=O)N3)c1. The van der Waals surface area contributed by atoms with Gasteiger partial charge in [-0.1, -0.05) is 54.1 Å². The van der Waals surface area contributed by atoms with Crippen molar-refractivity contribution in [3.8, 4) is 0 Å². The van der Waals surface area contributed by atoms with E-state index in [1.807, 2.05) is 12.1 Å². The molecule has 1 heterocycles. The number of carbonyl (C=O) groups is 1. The maximum absolute atomic E-state index is 11.6. The van der Waals surface area contributed by atoms with Gasteiger partial charge in [-0.05, 0) is 24.1 Å². The van der Waals surface area contributed by atoms with E-state index in [4.69, 9.17) is 0 Å². The predicted molar refractivity (Wildman–Crippen MR) is 88.3 cm³/mol. The second kappa shape index (κ2) is 5.83. The molecule has 3 rings (SSSR count). The van der Waals surface area contributed by atoms with Crippen molar-refractivity contribution in [3.63, 3.8) is 0 Å². The summed E-state index contributed by atoms with van der Waals surface area (Å²) >= 11 is 0. The molecule has 0 atom stereocenters. The number of fused-ring (bicyclic) bond motifs is 1. The minimum absolute atomic E-state index is 0.0565. The fourth-order valence-electron chi connectivity index (χ4n) is 2.48. The lowest BCUT2D eigenvalue weighted by Crippen LogP contribution is -2.10. The van der Waals surface area contributed by atoms with Gasteiger partial charge in [0.15, 0.2) is 0 Å². The van der Waals surface area contributed by atoms with Gasteiger partial charge in [0, 0.05) is 13.0 Å². The van der Waals surface area contributed by atoms with Crippen LogP contribution in [0.15, 0.2) is 42.5 Å². The summed E-state index contributed by atoms with van der Waals surface area (Å²) in [6.07, 6.45) is 4.67. The van der Waals surface area contributed by atoms with Crippen molar-refractivity contribution in [2.24, 2.45) is 0 Å². The minimum Gasteiger partial charge on any atom is -0.382 e. The maximum atomic E-state index is 11.6. The number of aryl methyl sites for hydroxylation is 1. The van der Waals surface area contributed by atoms with Crippen LogP contribution in [0.25, 0.3) is 12.2 Å². The standard InChI is InChI=1S/C18H18N2O/c1-13-4-2-5-14(12-13)8-9-15-6-3-7-16-18(15)19-11-10-17(21)20-16/h2-9,12,19H,10-11H2,1H3,(H,20,21)/b9-8+. The summed E-state index contributed by atoms with van der Waals surface area (Å²) in [7, 11) is 0. The van der Waals surface area contributed by atoms with E-state index < -0.39 is 0 Å². The van der Waals surface area contributed by atoms with Gasteiger partial charge in [-0.25, -0.2) is 0 Å². The second-order valence-corrected chi connectivity index (χ2v) is 5.24. The first kappa shape index (κ1) is 13.4. The van der Waals surface area contributed by atoms with E-state index in [0.29, 0.717) is 13.0 Å². The van der Waals surface area contributed by atoms with E-state index in [0.717, 1.165) is 16.9 Å². The summed E-state index contributed by atoms with van der Waals surface area (Å²) in [4.78, 5) is 11.6. The lowest BCUT2D eigenvalue weighted by atomic mass is 10.1. The fourth-order valence-corrected chi connectivity index (χ4v) is 2.48. The van der Waals surface area contributed by atoms with Crippen molar-refractivity contribution in [2.75, 3.05) is 17.2 Å². The lowest BCUT2D eigenvalue weighted by molar-refractivity contribution is -0.115. The van der Waals surface area contributed by atoms with Gasteiger partial charge in [0.05, 0.1) is 11.4 Å². The second-order valence-electron chi connectivity index (χ2n) is 5.24. The molecule has 2 aromatic rings. The Labute approximate surface area is 124 Å². The predicted octanol–water partition coefficient (Wildman–Crippen LogP) is 3.92. The van der Waals surface area contributed by atoms with Crippen LogP contribution in [0, 0.1) is 6.92 Å². The molecule has 2 N–H and O–H groups in total. The maximum Gasteiger partial charge on any atom is 0.226 e. The summed E-state index contributed by atoms with van der Waals surface area (Å²) in [5.74, 6) is 0.0565. The average Bonchev–Trinajstić information content (AvgIpc) is 2.66. The number of amides is 1. The molecule has 1 aliphatic rings. The topological polar surface area (TPSA) is 41.1 Å². The summed E-state index contributed by atoms with van der Waals surface area (Å²) < 4.78 is 0. The third-order valence-electron chi connectivity index (χ3n) is 3.52. The largest absolute Gasteiger partial charge is 0.382 e. The molecule has 0 radical (unpaired) electrons. The van der Waals surface area contributed by atoms with Crippen molar-refractivity contribution in [1.29, 1.82) is 0 Å². The molecule has 106 valence electrons. The number of hydrogen-bond donors (Lipinski definition) is 2. The Morgan fingerprint density at radius 1 is 1.10 bits per heavy atom. The van der Waals surface area contributed by atoms with Gasteiger partial charge in [0.25, 0.3) is 0 Å². The molecule has 0 saturated heterocycles. The number of benzene rings is 2. The normalized spacial score (nSPS) is 14.2. The van der Waals surface area contributed by atoms with E-state index in [2.05, 4.69) is 60.0 Å². The van der Waals surface area contributed by atoms with Crippen molar-refractivity contribution in [3.05, 3.63) is 59.2 Å². The number of nitrogens with one attached hydrogen (secondary N) is 2. The van der Waals surface area contributed by atoms with Gasteiger partial charge in [0.1, 0.15) is 0 Å². The first-order valence-corrected chi connectivity index (χ1v) is 7.14. The van der Waals surface area contributed by atoms with Crippen molar-refractivity contribution < 1.29 is 4.79 Å². The molecule has 0 aromatic heterocycles. The monoisotopic (exact) mass is 278 g/mol. The average molecular weight is 278 g/mol. The van der Waals surface area contributed by atoms with Gasteiger partial charge in [-0.2, -0.15) is 0 Å². The van der Waals surface area contributed by atoms with Crippen LogP contribution >= 0.6 is 0 Å². The molecule has 0 saturated carbocycles. The zero-order valence-corrected chi connectivity index (χ0v) is 12.0. The Hall–Kier alpha value is -2.55. The van der Waals surface area contributed by atoms with E-state index >= 15 is 0 Å². The van der Waals surface area contributed by atoms with E-state index in [1.165, 1.54) is 11.1 Å². The highest BCUT2D eigenvalue weighted by atomic mass is 16.1. The lowest BCUT2D eigenvalue weighted by Gasteiger charge is -2.10. The molecular formula is C18H18N2O. The number of carbonyl (C=O) groups excluding carboxylic acids is 1. The highest BCUT2D eigenvalue weighted by molar-refractivity contribution is 5.98. The van der Waals surface area contributed by atoms with Gasteiger partial charge < -0.3 is 10.6 Å². The Bertz CT molecular complexity index is 704. The van der Waals surface area contributed by atoms with E-state index in [-0.39, 0.29) is 5.91 Å². The Morgan fingerprint density at radius 3 is 2.81 bits per heavy atom. The first-order valence-electron chi connectivity index (χ1n) is 7.14. The molecule has 0 bridgehead atoms. The van der Waals surface area contributed by atoms with Crippen LogP contribution in [0.4, 0.5) is 11.4 Å². The molecule has 3 heteroatoms. The molecule has 0 unspecified atom stereocenters. The van der Waals surface area contributed by atoms with Gasteiger partial charge >= 0.3 is 0 Å². The van der Waals surface area contributed by atoms with Crippen LogP contribution < -0.4 is 10.6 Å². The molecule has 0 fully saturated rings. The number of anilines is 2. The third-order valence-corrected chi connectivity index (χ3v) is 3.52. The smallest absolute Gasteiger partial charge is 0.226 e. The van der Waals surface area contributed by atoms with Crippen molar-refractivity contribution in [1.82, 2.24) is 0 Å². The van der Waals surface area contributed by atoms with Gasteiger partial charge in [-0.15, -0.1) is 0 Å². The number of para-hydroxylation sites is 1. The van der Waals surface area contributed by atoms with Crippen LogP contribution in [-0.2, 0) is 4.79 Å². The Kier molecular flexibility index (Phi) is 3.73. The fraction of sp³-hybridized carbons (Fsp3) is 0.167. The Balaban J connectivity index is 1.93. The van der Waals surface area contributed by atoms with Crippen molar-refractivity contribution in [2.45, 2.75) is 13.3 Å². The zero-order chi connectivity index (χ0) is 14.7. The summed E-state index contributed by atoms with van der Waals surface area (Å²) in [6, 6.07) is 14.3. The van der Waals surface area contributed by atoms with Crippen LogP contribution in [0.2, 0.25) is 0 Å². The van der Waals surface area contributed by atoms with E-state index in [9.17, 15) is 4.79 Å². The van der Waals surface area contributed by atoms with E-state index in [1.54, 1.807) is 0 Å². The molecule has 1 aliphatic heterocycles. The molecular weight excluding hydrogens is 260 g/mol. The highest BCUT2D eigenvalue weighted by Gasteiger charge is 2.13. The summed E-state index contributed by atoms with van der Waals surface area (Å²) in [5.41, 5.74) is 5.34. The van der Waals surface area contributed by atoms with Crippen LogP contribution in [0.3, 0.4) is 0 Å². The van der Waals surface area contributed by atoms with Crippen LogP contribution in [0.5, 0.6) is 0 Å². The number of rotatable bonds is 2. The quantitative estimate of drug-likeness (QED) is 0.817. The van der Waals surface area contributed by atoms with Crippen molar-refractivity contribution >= 4 is 29.4 Å². The third kappa shape index (κ3) is 3.14. The highest BCUT2D eigenvalue weighted by Crippen LogP contribution is 2.29. The first-order chi connectivity index (χ1) is 10.2. The molecule has 21 heavy (non-hydrogen) atoms. The van der Waals surface area contributed by atoms with Gasteiger partial charge in [-0.3, -0.25) is 4.79 Å². The summed E-state index contributed by atoms with van der Waals surface area (Å²) in [5, 5.41) is 6.27. The molecule has 1 amide bonds. The zero-order valence-electron chi connectivity index (χ0n) is 12.0. The molecule has 3 nitrogen and oxygen atoms in total. The number of hydrogen-bond acceptors (Lipinski definition) is 2. The molecule has 2 aromatic carbocycles. The minimum atomic E-state index is 0.0565. The van der Waals surface area contributed by atoms with Gasteiger partial charge in [0.2, 0.25) is 5.91 Å². The summed E-state index contributed by atoms with van der Waals surface area (Å²) in [6.45, 7) is 2.75. The van der Waals surface area contributed by atoms with Crippen LogP contribution in [-0.4, -0.2) is 12.5 Å². The molecule has 0 aliphatic carbocycles. The molecule has 0 spiro atoms. The Morgan fingerprint density at radius 2 is 1.95 bits per heavy atom.